The highest BCUT2D eigenvalue weighted by Gasteiger charge is 2.25. The number of rotatable bonds is 4. The van der Waals surface area contributed by atoms with Gasteiger partial charge in [0.2, 0.25) is 0 Å². The number of ether oxygens (including phenoxy) is 1. The molecule has 1 unspecified atom stereocenters. The number of nitrogens with one attached hydrogen (secondary N) is 1. The van der Waals surface area contributed by atoms with Crippen LogP contribution in [0.4, 0.5) is 11.4 Å². The monoisotopic (exact) mass is 298 g/mol. The molecular weight excluding hydrogens is 276 g/mol. The van der Waals surface area contributed by atoms with Gasteiger partial charge in [-0.2, -0.15) is 0 Å². The van der Waals surface area contributed by atoms with Crippen LogP contribution in [0.15, 0.2) is 18.2 Å². The molecule has 0 aromatic heterocycles. The predicted octanol–water partition coefficient (Wildman–Crippen LogP) is 2.05. The highest BCUT2D eigenvalue weighted by Crippen LogP contribution is 2.31. The van der Waals surface area contributed by atoms with Gasteiger partial charge in [-0.1, -0.05) is 6.07 Å². The van der Waals surface area contributed by atoms with Gasteiger partial charge in [0.15, 0.2) is 9.84 Å². The number of para-hydroxylation sites is 1. The van der Waals surface area contributed by atoms with E-state index in [9.17, 15) is 8.42 Å². The van der Waals surface area contributed by atoms with Crippen molar-refractivity contribution in [2.75, 3.05) is 22.6 Å². The Morgan fingerprint density at radius 3 is 2.80 bits per heavy atom. The van der Waals surface area contributed by atoms with Crippen LogP contribution < -0.4 is 15.8 Å². The first kappa shape index (κ1) is 15.0. The molecule has 1 aliphatic rings. The van der Waals surface area contributed by atoms with Gasteiger partial charge in [0.25, 0.3) is 0 Å². The minimum Gasteiger partial charge on any atom is -0.489 e. The van der Waals surface area contributed by atoms with E-state index in [1.807, 2.05) is 32.0 Å². The standard InChI is InChI=1S/C14H22N2O3S/c1-10(2)19-13-7-3-6-12(14(13)15)16-11-5-4-8-20(17,18)9-11/h3,6-7,10-11,16H,4-5,8-9,15H2,1-2H3. The fraction of sp³-hybridized carbons (Fsp3) is 0.571. The molecule has 1 saturated heterocycles. The Labute approximate surface area is 120 Å². The lowest BCUT2D eigenvalue weighted by Crippen LogP contribution is -2.35. The molecule has 5 nitrogen and oxygen atoms in total. The van der Waals surface area contributed by atoms with Crippen LogP contribution in [0.5, 0.6) is 5.75 Å². The highest BCUT2D eigenvalue weighted by molar-refractivity contribution is 7.91. The van der Waals surface area contributed by atoms with E-state index in [4.69, 9.17) is 10.5 Å². The van der Waals surface area contributed by atoms with E-state index in [2.05, 4.69) is 5.32 Å². The third-order valence-corrected chi connectivity index (χ3v) is 5.07. The Morgan fingerprint density at radius 2 is 2.15 bits per heavy atom. The number of anilines is 2. The highest BCUT2D eigenvalue weighted by atomic mass is 32.2. The molecule has 20 heavy (non-hydrogen) atoms. The maximum absolute atomic E-state index is 11.7. The van der Waals surface area contributed by atoms with E-state index in [-0.39, 0.29) is 23.7 Å². The fourth-order valence-electron chi connectivity index (χ4n) is 2.38. The van der Waals surface area contributed by atoms with Gasteiger partial charge in [-0.05, 0) is 38.8 Å². The minimum absolute atomic E-state index is 0.0441. The molecular formula is C14H22N2O3S. The van der Waals surface area contributed by atoms with Gasteiger partial charge in [-0.15, -0.1) is 0 Å². The Morgan fingerprint density at radius 1 is 1.40 bits per heavy atom. The number of nitrogens with two attached hydrogens (primary N) is 1. The molecule has 1 aromatic rings. The number of hydrogen-bond donors (Lipinski definition) is 2. The first-order valence-corrected chi connectivity index (χ1v) is 8.71. The molecule has 1 atom stereocenters. The third-order valence-electron chi connectivity index (χ3n) is 3.25. The summed E-state index contributed by atoms with van der Waals surface area (Å²) in [4.78, 5) is 0. The summed E-state index contributed by atoms with van der Waals surface area (Å²) >= 11 is 0. The smallest absolute Gasteiger partial charge is 0.152 e. The molecule has 1 aromatic carbocycles. The summed E-state index contributed by atoms with van der Waals surface area (Å²) < 4.78 is 28.9. The van der Waals surface area contributed by atoms with Crippen molar-refractivity contribution in [2.24, 2.45) is 0 Å². The van der Waals surface area contributed by atoms with E-state index >= 15 is 0 Å². The van der Waals surface area contributed by atoms with Crippen molar-refractivity contribution in [3.63, 3.8) is 0 Å². The average molecular weight is 298 g/mol. The van der Waals surface area contributed by atoms with Gasteiger partial charge in [0.05, 0.1) is 29.0 Å². The van der Waals surface area contributed by atoms with E-state index in [0.29, 0.717) is 17.9 Å². The largest absolute Gasteiger partial charge is 0.489 e. The third kappa shape index (κ3) is 3.79. The van der Waals surface area contributed by atoms with Crippen molar-refractivity contribution in [1.29, 1.82) is 0 Å². The molecule has 0 spiro atoms. The van der Waals surface area contributed by atoms with Gasteiger partial charge >= 0.3 is 0 Å². The molecule has 3 N–H and O–H groups in total. The first-order chi connectivity index (χ1) is 9.37. The Bertz CT molecular complexity index is 570. The molecule has 1 heterocycles. The van der Waals surface area contributed by atoms with Gasteiger partial charge in [0, 0.05) is 6.04 Å². The van der Waals surface area contributed by atoms with Gasteiger partial charge in [-0.25, -0.2) is 8.42 Å². The van der Waals surface area contributed by atoms with E-state index in [1.165, 1.54) is 0 Å². The van der Waals surface area contributed by atoms with Gasteiger partial charge in [0.1, 0.15) is 5.75 Å². The molecule has 0 amide bonds. The second-order valence-electron chi connectivity index (χ2n) is 5.48. The maximum atomic E-state index is 11.7. The molecule has 2 rings (SSSR count). The van der Waals surface area contributed by atoms with Crippen LogP contribution in [0, 0.1) is 0 Å². The SMILES string of the molecule is CC(C)Oc1cccc(NC2CCCS(=O)(=O)C2)c1N. The minimum atomic E-state index is -2.93. The second-order valence-corrected chi connectivity index (χ2v) is 7.71. The lowest BCUT2D eigenvalue weighted by atomic mass is 10.1. The zero-order valence-corrected chi connectivity index (χ0v) is 12.7. The molecule has 0 bridgehead atoms. The Kier molecular flexibility index (Phi) is 4.42. The quantitative estimate of drug-likeness (QED) is 0.831. The number of hydrogen-bond acceptors (Lipinski definition) is 5. The number of nitrogen functional groups attached to an aromatic ring is 1. The Hall–Kier alpha value is -1.43. The molecule has 0 radical (unpaired) electrons. The fourth-order valence-corrected chi connectivity index (χ4v) is 4.02. The van der Waals surface area contributed by atoms with E-state index in [0.717, 1.165) is 12.1 Å². The van der Waals surface area contributed by atoms with Crippen molar-refractivity contribution in [3.8, 4) is 5.75 Å². The van der Waals surface area contributed by atoms with Crippen LogP contribution in [0.3, 0.4) is 0 Å². The molecule has 0 aliphatic carbocycles. The summed E-state index contributed by atoms with van der Waals surface area (Å²) in [5.74, 6) is 1.09. The van der Waals surface area contributed by atoms with Crippen LogP contribution >= 0.6 is 0 Å². The van der Waals surface area contributed by atoms with Crippen molar-refractivity contribution in [1.82, 2.24) is 0 Å². The van der Waals surface area contributed by atoms with E-state index < -0.39 is 9.84 Å². The molecule has 1 aliphatic heterocycles. The topological polar surface area (TPSA) is 81.4 Å². The van der Waals surface area contributed by atoms with Crippen LogP contribution in [0.25, 0.3) is 0 Å². The maximum Gasteiger partial charge on any atom is 0.152 e. The van der Waals surface area contributed by atoms with Crippen LogP contribution in [0.1, 0.15) is 26.7 Å². The zero-order chi connectivity index (χ0) is 14.8. The zero-order valence-electron chi connectivity index (χ0n) is 11.9. The number of sulfone groups is 1. The van der Waals surface area contributed by atoms with Crippen molar-refractivity contribution in [3.05, 3.63) is 18.2 Å². The average Bonchev–Trinajstić information content (AvgIpc) is 2.32. The van der Waals surface area contributed by atoms with Crippen molar-refractivity contribution >= 4 is 21.2 Å². The van der Waals surface area contributed by atoms with Crippen LogP contribution in [-0.2, 0) is 9.84 Å². The predicted molar refractivity (Wildman–Crippen MR) is 81.9 cm³/mol. The lowest BCUT2D eigenvalue weighted by Gasteiger charge is -2.25. The van der Waals surface area contributed by atoms with Crippen molar-refractivity contribution < 1.29 is 13.2 Å². The molecule has 6 heteroatoms. The molecule has 112 valence electrons. The second kappa shape index (κ2) is 5.91. The number of benzene rings is 1. The first-order valence-electron chi connectivity index (χ1n) is 6.89. The summed E-state index contributed by atoms with van der Waals surface area (Å²) in [5, 5.41) is 3.23. The summed E-state index contributed by atoms with van der Waals surface area (Å²) in [5.41, 5.74) is 7.35. The van der Waals surface area contributed by atoms with E-state index in [1.54, 1.807) is 0 Å². The van der Waals surface area contributed by atoms with Crippen LogP contribution in [-0.4, -0.2) is 32.1 Å². The normalized spacial score (nSPS) is 21.6. The van der Waals surface area contributed by atoms with Gasteiger partial charge < -0.3 is 15.8 Å². The summed E-state index contributed by atoms with van der Waals surface area (Å²) in [7, 11) is -2.93. The Balaban J connectivity index is 2.13. The summed E-state index contributed by atoms with van der Waals surface area (Å²) in [6, 6.07) is 5.45. The molecule has 1 fully saturated rings. The summed E-state index contributed by atoms with van der Waals surface area (Å²) in [6.07, 6.45) is 1.58. The van der Waals surface area contributed by atoms with Crippen LogP contribution in [0.2, 0.25) is 0 Å². The van der Waals surface area contributed by atoms with Gasteiger partial charge in [-0.3, -0.25) is 0 Å². The van der Waals surface area contributed by atoms with Crippen molar-refractivity contribution in [2.45, 2.75) is 38.8 Å². The summed E-state index contributed by atoms with van der Waals surface area (Å²) in [6.45, 7) is 3.88. The lowest BCUT2D eigenvalue weighted by molar-refractivity contribution is 0.244. The molecule has 0 saturated carbocycles.